The van der Waals surface area contributed by atoms with E-state index in [4.69, 9.17) is 4.74 Å². The predicted octanol–water partition coefficient (Wildman–Crippen LogP) is 2.54. The number of amides is 1. The molecule has 0 unspecified atom stereocenters. The van der Waals surface area contributed by atoms with Gasteiger partial charge in [-0.25, -0.2) is 9.97 Å². The van der Waals surface area contributed by atoms with Gasteiger partial charge in [0.15, 0.2) is 11.6 Å². The van der Waals surface area contributed by atoms with Gasteiger partial charge >= 0.3 is 0 Å². The van der Waals surface area contributed by atoms with Crippen LogP contribution in [-0.4, -0.2) is 49.2 Å². The largest absolute Gasteiger partial charge is 0.489 e. The first-order chi connectivity index (χ1) is 13.3. The molecule has 0 saturated carbocycles. The van der Waals surface area contributed by atoms with Crippen LogP contribution in [-0.2, 0) is 4.79 Å². The van der Waals surface area contributed by atoms with E-state index < -0.39 is 5.82 Å². The lowest BCUT2D eigenvalue weighted by atomic mass is 10.1. The first-order valence-electron chi connectivity index (χ1n) is 9.31. The maximum atomic E-state index is 14.7. The molecule has 0 bridgehead atoms. The number of benzene rings is 1. The van der Waals surface area contributed by atoms with Crippen LogP contribution >= 0.6 is 0 Å². The van der Waals surface area contributed by atoms with Gasteiger partial charge in [-0.3, -0.25) is 4.79 Å². The van der Waals surface area contributed by atoms with Gasteiger partial charge in [0.1, 0.15) is 18.2 Å². The normalized spacial score (nSPS) is 17.3. The van der Waals surface area contributed by atoms with Crippen LogP contribution in [0, 0.1) is 5.82 Å². The minimum absolute atomic E-state index is 0.0456. The fourth-order valence-electron chi connectivity index (χ4n) is 3.32. The van der Waals surface area contributed by atoms with Crippen LogP contribution in [0.1, 0.15) is 31.9 Å². The van der Waals surface area contributed by atoms with Gasteiger partial charge in [-0.05, 0) is 24.6 Å². The molecule has 1 N–H and O–H groups in total. The molecule has 1 aromatic carbocycles. The van der Waals surface area contributed by atoms with Gasteiger partial charge in [-0.15, -0.1) is 0 Å². The Bertz CT molecular complexity index is 828. The summed E-state index contributed by atoms with van der Waals surface area (Å²) in [5.74, 6) is 0.864. The highest BCUT2D eigenvalue weighted by Gasteiger charge is 2.28. The van der Waals surface area contributed by atoms with Gasteiger partial charge in [0.2, 0.25) is 11.7 Å². The standard InChI is InChI=1S/C20H26FN5O2/c1-13(24-14(2)27)15-5-7-16(8-6-15)28-17-9-10-26(11-17)20-18(21)19(25(3)4)22-12-23-20/h5-8,12-13,17H,9-11H2,1-4H3,(H,24,27)/t13-,17+/m0/s1. The zero-order valence-corrected chi connectivity index (χ0v) is 16.6. The number of nitrogens with zero attached hydrogens (tertiary/aromatic N) is 4. The highest BCUT2D eigenvalue weighted by Crippen LogP contribution is 2.28. The summed E-state index contributed by atoms with van der Waals surface area (Å²) in [5, 5.41) is 2.86. The maximum Gasteiger partial charge on any atom is 0.217 e. The summed E-state index contributed by atoms with van der Waals surface area (Å²) >= 11 is 0. The molecule has 2 atom stereocenters. The highest BCUT2D eigenvalue weighted by atomic mass is 19.1. The SMILES string of the molecule is CC(=O)N[C@@H](C)c1ccc(O[C@@H]2CCN(c3ncnc(N(C)C)c3F)C2)cc1. The molecular weight excluding hydrogens is 361 g/mol. The lowest BCUT2D eigenvalue weighted by Crippen LogP contribution is -2.27. The highest BCUT2D eigenvalue weighted by molar-refractivity contribution is 5.73. The van der Waals surface area contributed by atoms with Crippen molar-refractivity contribution in [3.63, 3.8) is 0 Å². The average Bonchev–Trinajstić information content (AvgIpc) is 3.10. The first-order valence-corrected chi connectivity index (χ1v) is 9.31. The fourth-order valence-corrected chi connectivity index (χ4v) is 3.32. The molecule has 7 nitrogen and oxygen atoms in total. The average molecular weight is 387 g/mol. The summed E-state index contributed by atoms with van der Waals surface area (Å²) in [4.78, 5) is 22.8. The first kappa shape index (κ1) is 19.9. The lowest BCUT2D eigenvalue weighted by Gasteiger charge is -2.21. The van der Waals surface area contributed by atoms with Crippen molar-refractivity contribution < 1.29 is 13.9 Å². The zero-order chi connectivity index (χ0) is 20.3. The molecule has 150 valence electrons. The Morgan fingerprint density at radius 1 is 1.32 bits per heavy atom. The third-order valence-corrected chi connectivity index (χ3v) is 4.72. The third-order valence-electron chi connectivity index (χ3n) is 4.72. The van der Waals surface area contributed by atoms with E-state index in [2.05, 4.69) is 15.3 Å². The fraction of sp³-hybridized carbons (Fsp3) is 0.450. The summed E-state index contributed by atoms with van der Waals surface area (Å²) in [7, 11) is 3.50. The molecule has 3 rings (SSSR count). The number of hydrogen-bond acceptors (Lipinski definition) is 6. The van der Waals surface area contributed by atoms with Crippen molar-refractivity contribution in [3.05, 3.63) is 42.0 Å². The van der Waals surface area contributed by atoms with Crippen molar-refractivity contribution in [3.8, 4) is 5.75 Å². The molecule has 1 aromatic heterocycles. The van der Waals surface area contributed by atoms with E-state index in [1.165, 1.54) is 13.3 Å². The minimum atomic E-state index is -0.413. The van der Waals surface area contributed by atoms with Crippen molar-refractivity contribution in [2.24, 2.45) is 0 Å². The number of hydrogen-bond donors (Lipinski definition) is 1. The number of carbonyl (C=O) groups excluding carboxylic acids is 1. The van der Waals surface area contributed by atoms with Crippen molar-refractivity contribution >= 4 is 17.5 Å². The van der Waals surface area contributed by atoms with Gasteiger partial charge in [0.05, 0.1) is 12.6 Å². The second-order valence-corrected chi connectivity index (χ2v) is 7.20. The smallest absolute Gasteiger partial charge is 0.217 e. The third kappa shape index (κ3) is 4.49. The Morgan fingerprint density at radius 2 is 2.04 bits per heavy atom. The molecule has 1 saturated heterocycles. The van der Waals surface area contributed by atoms with Crippen LogP contribution < -0.4 is 19.9 Å². The molecular formula is C20H26FN5O2. The Hall–Kier alpha value is -2.90. The molecule has 8 heteroatoms. The van der Waals surface area contributed by atoms with Gasteiger partial charge in [-0.1, -0.05) is 12.1 Å². The van der Waals surface area contributed by atoms with Gasteiger partial charge in [0, 0.05) is 34.0 Å². The summed E-state index contributed by atoms with van der Waals surface area (Å²) in [6.07, 6.45) is 2.12. The van der Waals surface area contributed by atoms with E-state index in [0.29, 0.717) is 18.9 Å². The Balaban J connectivity index is 1.62. The van der Waals surface area contributed by atoms with Crippen LogP contribution in [0.25, 0.3) is 0 Å². The molecule has 2 heterocycles. The summed E-state index contributed by atoms with van der Waals surface area (Å²) < 4.78 is 20.7. The van der Waals surface area contributed by atoms with Crippen molar-refractivity contribution in [2.75, 3.05) is 37.0 Å². The summed E-state index contributed by atoms with van der Waals surface area (Å²) in [6.45, 7) is 4.67. The van der Waals surface area contributed by atoms with E-state index in [1.807, 2.05) is 36.1 Å². The van der Waals surface area contributed by atoms with E-state index in [-0.39, 0.29) is 23.9 Å². The topological polar surface area (TPSA) is 70.6 Å². The molecule has 1 aliphatic rings. The van der Waals surface area contributed by atoms with Crippen molar-refractivity contribution in [2.45, 2.75) is 32.4 Å². The number of rotatable bonds is 6. The second kappa shape index (κ2) is 8.41. The second-order valence-electron chi connectivity index (χ2n) is 7.20. The van der Waals surface area contributed by atoms with Gasteiger partial charge in [0.25, 0.3) is 0 Å². The lowest BCUT2D eigenvalue weighted by molar-refractivity contribution is -0.119. The van der Waals surface area contributed by atoms with Crippen LogP contribution in [0.15, 0.2) is 30.6 Å². The quantitative estimate of drug-likeness (QED) is 0.821. The number of aromatic nitrogens is 2. The molecule has 0 aliphatic carbocycles. The maximum absolute atomic E-state index is 14.7. The molecule has 28 heavy (non-hydrogen) atoms. The summed E-state index contributed by atoms with van der Waals surface area (Å²) in [6, 6.07) is 7.61. The Labute approximate surface area is 164 Å². The zero-order valence-electron chi connectivity index (χ0n) is 16.6. The van der Waals surface area contributed by atoms with Crippen LogP contribution in [0.3, 0.4) is 0 Å². The van der Waals surface area contributed by atoms with E-state index >= 15 is 0 Å². The number of anilines is 2. The molecule has 0 spiro atoms. The number of nitrogens with one attached hydrogen (secondary N) is 1. The number of ether oxygens (including phenoxy) is 1. The van der Waals surface area contributed by atoms with Gasteiger partial charge in [-0.2, -0.15) is 4.39 Å². The van der Waals surface area contributed by atoms with Crippen molar-refractivity contribution in [1.29, 1.82) is 0 Å². The number of carbonyl (C=O) groups is 1. The molecule has 1 fully saturated rings. The van der Waals surface area contributed by atoms with Crippen LogP contribution in [0.2, 0.25) is 0 Å². The Kier molecular flexibility index (Phi) is 5.96. The van der Waals surface area contributed by atoms with Crippen LogP contribution in [0.5, 0.6) is 5.75 Å². The molecule has 1 amide bonds. The number of halogens is 1. The Morgan fingerprint density at radius 3 is 2.68 bits per heavy atom. The summed E-state index contributed by atoms with van der Waals surface area (Å²) in [5.41, 5.74) is 1.01. The van der Waals surface area contributed by atoms with Crippen molar-refractivity contribution in [1.82, 2.24) is 15.3 Å². The van der Waals surface area contributed by atoms with Crippen LogP contribution in [0.4, 0.5) is 16.0 Å². The molecule has 1 aliphatic heterocycles. The minimum Gasteiger partial charge on any atom is -0.489 e. The molecule has 0 radical (unpaired) electrons. The monoisotopic (exact) mass is 387 g/mol. The van der Waals surface area contributed by atoms with E-state index in [1.54, 1.807) is 19.0 Å². The van der Waals surface area contributed by atoms with E-state index in [9.17, 15) is 9.18 Å². The van der Waals surface area contributed by atoms with Gasteiger partial charge < -0.3 is 19.9 Å². The predicted molar refractivity (Wildman–Crippen MR) is 106 cm³/mol. The van der Waals surface area contributed by atoms with E-state index in [0.717, 1.165) is 17.7 Å². The molecule has 2 aromatic rings.